The molecule has 5 unspecified atom stereocenters. The molecule has 4 nitrogen and oxygen atoms in total. The maximum Gasteiger partial charge on any atom is 0.162 e. The van der Waals surface area contributed by atoms with Gasteiger partial charge in [0.25, 0.3) is 0 Å². The number of piperidine rings is 1. The van der Waals surface area contributed by atoms with Crippen LogP contribution in [-0.2, 0) is 9.53 Å². The Morgan fingerprint density at radius 1 is 1.21 bits per heavy atom. The summed E-state index contributed by atoms with van der Waals surface area (Å²) in [5, 5.41) is 14.4. The van der Waals surface area contributed by atoms with Gasteiger partial charge in [-0.25, -0.2) is 0 Å². The number of aldehydes is 1. The van der Waals surface area contributed by atoms with Crippen LogP contribution in [0.2, 0.25) is 0 Å². The van der Waals surface area contributed by atoms with Gasteiger partial charge in [-0.2, -0.15) is 0 Å². The van der Waals surface area contributed by atoms with Gasteiger partial charge in [-0.15, -0.1) is 0 Å². The number of hydrogen-bond acceptors (Lipinski definition) is 4. The molecule has 4 heteroatoms. The normalized spacial score (nSPS) is 35.1. The van der Waals surface area contributed by atoms with E-state index < -0.39 is 5.60 Å². The van der Waals surface area contributed by atoms with Crippen molar-refractivity contribution in [3.05, 3.63) is 23.5 Å². The summed E-state index contributed by atoms with van der Waals surface area (Å²) in [6.07, 6.45) is 14.5. The Labute approximate surface area is 170 Å². The minimum Gasteiger partial charge on any atom is -0.481 e. The third kappa shape index (κ3) is 5.27. The molecule has 2 fully saturated rings. The van der Waals surface area contributed by atoms with Crippen molar-refractivity contribution >= 4 is 6.29 Å². The third-order valence-electron chi connectivity index (χ3n) is 7.03. The first kappa shape index (κ1) is 21.6. The van der Waals surface area contributed by atoms with Crippen LogP contribution in [0.15, 0.2) is 23.5 Å². The van der Waals surface area contributed by atoms with E-state index in [1.165, 1.54) is 37.7 Å². The minimum atomic E-state index is -0.788. The molecule has 1 heterocycles. The summed E-state index contributed by atoms with van der Waals surface area (Å²) in [4.78, 5) is 11.2. The predicted molar refractivity (Wildman–Crippen MR) is 113 cm³/mol. The lowest BCUT2D eigenvalue weighted by Gasteiger charge is -2.42. The lowest BCUT2D eigenvalue weighted by atomic mass is 9.75. The molecule has 2 aliphatic carbocycles. The molecule has 5 atom stereocenters. The summed E-state index contributed by atoms with van der Waals surface area (Å²) in [5.41, 5.74) is 0.539. The summed E-state index contributed by atoms with van der Waals surface area (Å²) < 4.78 is 5.89. The van der Waals surface area contributed by atoms with Crippen molar-refractivity contribution in [1.29, 1.82) is 0 Å². The number of aliphatic hydroxyl groups is 1. The second-order valence-electron chi connectivity index (χ2n) is 9.91. The highest BCUT2D eigenvalue weighted by molar-refractivity contribution is 5.61. The standard InChI is InChI=1S/C24H39NO3/c1-16-12-20(28-24(3,4)15-26)13-17(2)21(16)14-19-10-11-22(27)23(25-19)18-8-6-5-7-9-18/h12-13,15-16,18-19,21-23,25,27H,5-11,14H2,1-4H3. The minimum absolute atomic E-state index is 0.190. The van der Waals surface area contributed by atoms with Gasteiger partial charge in [0.1, 0.15) is 5.76 Å². The Morgan fingerprint density at radius 2 is 1.93 bits per heavy atom. The first-order valence-corrected chi connectivity index (χ1v) is 11.3. The Bertz CT molecular complexity index is 603. The van der Waals surface area contributed by atoms with Gasteiger partial charge in [0, 0.05) is 12.1 Å². The molecule has 0 radical (unpaired) electrons. The van der Waals surface area contributed by atoms with Gasteiger partial charge in [-0.05, 0) is 82.8 Å². The Hall–Kier alpha value is -1.13. The highest BCUT2D eigenvalue weighted by Gasteiger charge is 2.36. The van der Waals surface area contributed by atoms with E-state index in [0.29, 0.717) is 23.8 Å². The molecule has 0 aromatic heterocycles. The van der Waals surface area contributed by atoms with Crippen molar-refractivity contribution in [1.82, 2.24) is 5.32 Å². The molecule has 1 saturated carbocycles. The van der Waals surface area contributed by atoms with Gasteiger partial charge in [-0.3, -0.25) is 4.79 Å². The molecule has 0 spiro atoms. The molecule has 2 N–H and O–H groups in total. The second-order valence-corrected chi connectivity index (χ2v) is 9.91. The summed E-state index contributed by atoms with van der Waals surface area (Å²) >= 11 is 0. The zero-order chi connectivity index (χ0) is 20.3. The quantitative estimate of drug-likeness (QED) is 0.655. The number of carbonyl (C=O) groups excluding carboxylic acids is 1. The van der Waals surface area contributed by atoms with Crippen molar-refractivity contribution in [2.24, 2.45) is 17.8 Å². The molecular weight excluding hydrogens is 350 g/mol. The van der Waals surface area contributed by atoms with Crippen LogP contribution in [0.4, 0.5) is 0 Å². The zero-order valence-corrected chi connectivity index (χ0v) is 18.1. The molecule has 1 aliphatic heterocycles. The van der Waals surface area contributed by atoms with Crippen molar-refractivity contribution in [2.75, 3.05) is 0 Å². The number of allylic oxidation sites excluding steroid dienone is 3. The van der Waals surface area contributed by atoms with Crippen LogP contribution in [0.3, 0.4) is 0 Å². The zero-order valence-electron chi connectivity index (χ0n) is 18.1. The van der Waals surface area contributed by atoms with Crippen molar-refractivity contribution in [3.63, 3.8) is 0 Å². The monoisotopic (exact) mass is 389 g/mol. The fourth-order valence-electron chi connectivity index (χ4n) is 5.42. The maximum absolute atomic E-state index is 11.2. The van der Waals surface area contributed by atoms with E-state index in [-0.39, 0.29) is 12.1 Å². The lowest BCUT2D eigenvalue weighted by Crippen LogP contribution is -2.55. The van der Waals surface area contributed by atoms with Gasteiger partial charge in [0.05, 0.1) is 6.10 Å². The molecule has 0 bridgehead atoms. The number of hydrogen-bond donors (Lipinski definition) is 2. The van der Waals surface area contributed by atoms with E-state index in [1.807, 2.05) is 0 Å². The van der Waals surface area contributed by atoms with Crippen LogP contribution in [0.5, 0.6) is 0 Å². The molecule has 3 aliphatic rings. The topological polar surface area (TPSA) is 58.6 Å². The van der Waals surface area contributed by atoms with Crippen LogP contribution >= 0.6 is 0 Å². The Morgan fingerprint density at radius 3 is 2.57 bits per heavy atom. The molecule has 28 heavy (non-hydrogen) atoms. The fourth-order valence-corrected chi connectivity index (χ4v) is 5.42. The summed E-state index contributed by atoms with van der Waals surface area (Å²) in [5.74, 6) is 2.30. The van der Waals surface area contributed by atoms with E-state index in [4.69, 9.17) is 4.74 Å². The van der Waals surface area contributed by atoms with E-state index in [1.54, 1.807) is 13.8 Å². The summed E-state index contributed by atoms with van der Waals surface area (Å²) in [6.45, 7) is 8.02. The average molecular weight is 390 g/mol. The largest absolute Gasteiger partial charge is 0.481 e. The first-order chi connectivity index (χ1) is 13.3. The summed E-state index contributed by atoms with van der Waals surface area (Å²) in [6, 6.07) is 0.735. The molecule has 3 rings (SSSR count). The smallest absolute Gasteiger partial charge is 0.162 e. The number of ether oxygens (including phenoxy) is 1. The van der Waals surface area contributed by atoms with E-state index in [0.717, 1.165) is 31.3 Å². The van der Waals surface area contributed by atoms with Gasteiger partial charge in [0.2, 0.25) is 0 Å². The predicted octanol–water partition coefficient (Wildman–Crippen LogP) is 4.53. The van der Waals surface area contributed by atoms with Crippen LogP contribution < -0.4 is 5.32 Å². The first-order valence-electron chi connectivity index (χ1n) is 11.3. The van der Waals surface area contributed by atoms with Crippen molar-refractivity contribution < 1.29 is 14.6 Å². The number of rotatable bonds is 6. The Balaban J connectivity index is 1.61. The lowest BCUT2D eigenvalue weighted by molar-refractivity contribution is -0.122. The van der Waals surface area contributed by atoms with E-state index in [9.17, 15) is 9.90 Å². The van der Waals surface area contributed by atoms with Crippen LogP contribution in [0, 0.1) is 17.8 Å². The third-order valence-corrected chi connectivity index (χ3v) is 7.03. The van der Waals surface area contributed by atoms with E-state index in [2.05, 4.69) is 31.3 Å². The Kier molecular flexibility index (Phi) is 7.03. The molecule has 0 amide bonds. The van der Waals surface area contributed by atoms with E-state index >= 15 is 0 Å². The molecule has 1 saturated heterocycles. The van der Waals surface area contributed by atoms with Gasteiger partial charge >= 0.3 is 0 Å². The number of nitrogens with one attached hydrogen (secondary N) is 1. The molecule has 0 aromatic rings. The van der Waals surface area contributed by atoms with Gasteiger partial charge < -0.3 is 15.2 Å². The fraction of sp³-hybridized carbons (Fsp3) is 0.792. The second kappa shape index (κ2) is 9.13. The number of carbonyl (C=O) groups is 1. The highest BCUT2D eigenvalue weighted by Crippen LogP contribution is 2.37. The summed E-state index contributed by atoms with van der Waals surface area (Å²) in [7, 11) is 0. The van der Waals surface area contributed by atoms with Gasteiger partial charge in [0.15, 0.2) is 11.9 Å². The van der Waals surface area contributed by atoms with Gasteiger partial charge in [-0.1, -0.05) is 31.8 Å². The molecular formula is C24H39NO3. The number of aliphatic hydroxyl groups excluding tert-OH is 1. The van der Waals surface area contributed by atoms with Crippen molar-refractivity contribution in [2.45, 2.75) is 103 Å². The van der Waals surface area contributed by atoms with Crippen molar-refractivity contribution in [3.8, 4) is 0 Å². The van der Waals surface area contributed by atoms with Crippen LogP contribution in [-0.4, -0.2) is 35.2 Å². The average Bonchev–Trinajstić information content (AvgIpc) is 2.66. The van der Waals surface area contributed by atoms with Crippen LogP contribution in [0.1, 0.15) is 79.1 Å². The molecule has 158 valence electrons. The maximum atomic E-state index is 11.2. The highest BCUT2D eigenvalue weighted by atomic mass is 16.5. The van der Waals surface area contributed by atoms with Crippen LogP contribution in [0.25, 0.3) is 0 Å². The molecule has 0 aromatic carbocycles. The SMILES string of the molecule is CC1=CC(OC(C)(C)C=O)=CC(C)C1CC1CCC(O)C(C2CCCCC2)N1.